The molecule has 2 rings (SSSR count). The Morgan fingerprint density at radius 2 is 2.44 bits per heavy atom. The van der Waals surface area contributed by atoms with Gasteiger partial charge in [0.25, 0.3) is 0 Å². The number of aromatic nitrogens is 2. The molecule has 6 heteroatoms. The number of aromatic amines is 1. The summed E-state index contributed by atoms with van der Waals surface area (Å²) < 4.78 is 0. The molecule has 1 amide bonds. The Hall–Kier alpha value is -1.01. The van der Waals surface area contributed by atoms with Crippen LogP contribution in [0.3, 0.4) is 0 Å². The molecule has 1 saturated heterocycles. The first kappa shape index (κ1) is 11.5. The van der Waals surface area contributed by atoms with Gasteiger partial charge >= 0.3 is 0 Å². The highest BCUT2D eigenvalue weighted by Gasteiger charge is 2.22. The fraction of sp³-hybridized carbons (Fsp3) is 0.600. The zero-order valence-electron chi connectivity index (χ0n) is 9.46. The molecule has 0 radical (unpaired) electrons. The van der Waals surface area contributed by atoms with Gasteiger partial charge in [-0.25, -0.2) is 0 Å². The van der Waals surface area contributed by atoms with Crippen molar-refractivity contribution in [1.29, 1.82) is 0 Å². The normalized spacial score (nSPS) is 20.0. The summed E-state index contributed by atoms with van der Waals surface area (Å²) in [6.07, 6.45) is 0. The second-order valence-electron chi connectivity index (χ2n) is 3.90. The van der Waals surface area contributed by atoms with Crippen LogP contribution in [0.4, 0.5) is 0 Å². The summed E-state index contributed by atoms with van der Waals surface area (Å²) >= 11 is 1.75. The number of nitrogens with one attached hydrogen (secondary N) is 3. The van der Waals surface area contributed by atoms with Crippen LogP contribution in [0.5, 0.6) is 0 Å². The van der Waals surface area contributed by atoms with Crippen LogP contribution in [0.25, 0.3) is 0 Å². The van der Waals surface area contributed by atoms with Gasteiger partial charge in [0.15, 0.2) is 0 Å². The first-order valence-electron chi connectivity index (χ1n) is 5.27. The predicted molar refractivity (Wildman–Crippen MR) is 64.2 cm³/mol. The quantitative estimate of drug-likeness (QED) is 0.711. The van der Waals surface area contributed by atoms with Gasteiger partial charge in [-0.15, -0.1) is 11.8 Å². The number of nitrogens with zero attached hydrogens (tertiary/aromatic N) is 1. The summed E-state index contributed by atoms with van der Waals surface area (Å²) in [6, 6.07) is -0.0440. The third-order valence-corrected chi connectivity index (χ3v) is 3.69. The van der Waals surface area contributed by atoms with Gasteiger partial charge in [-0.2, -0.15) is 5.10 Å². The number of thioether (sulfide) groups is 1. The third kappa shape index (κ3) is 2.38. The van der Waals surface area contributed by atoms with E-state index in [0.717, 1.165) is 28.6 Å². The molecule has 1 unspecified atom stereocenters. The molecule has 0 aromatic carbocycles. The van der Waals surface area contributed by atoms with Crippen LogP contribution in [0.15, 0.2) is 0 Å². The van der Waals surface area contributed by atoms with Gasteiger partial charge in [0.2, 0.25) is 5.91 Å². The lowest BCUT2D eigenvalue weighted by atomic mass is 10.2. The molecule has 88 valence electrons. The minimum Gasteiger partial charge on any atom is -0.351 e. The van der Waals surface area contributed by atoms with Crippen LogP contribution < -0.4 is 10.6 Å². The zero-order valence-corrected chi connectivity index (χ0v) is 10.3. The molecule has 3 N–H and O–H groups in total. The SMILES string of the molecule is Cc1n[nH]c(C)c1CNC(=O)C1CSCN1. The number of amides is 1. The Morgan fingerprint density at radius 3 is 3.00 bits per heavy atom. The summed E-state index contributed by atoms with van der Waals surface area (Å²) in [5, 5.41) is 13.1. The van der Waals surface area contributed by atoms with Crippen molar-refractivity contribution in [1.82, 2.24) is 20.8 Å². The van der Waals surface area contributed by atoms with Gasteiger partial charge in [0.1, 0.15) is 0 Å². The average Bonchev–Trinajstić information content (AvgIpc) is 2.87. The average molecular weight is 240 g/mol. The smallest absolute Gasteiger partial charge is 0.238 e. The summed E-state index contributed by atoms with van der Waals surface area (Å²) in [4.78, 5) is 11.7. The first-order chi connectivity index (χ1) is 7.68. The number of H-pyrrole nitrogens is 1. The highest BCUT2D eigenvalue weighted by Crippen LogP contribution is 2.11. The number of hydrogen-bond acceptors (Lipinski definition) is 4. The Labute approximate surface area is 98.8 Å². The Balaban J connectivity index is 1.89. The number of carbonyl (C=O) groups is 1. The maximum Gasteiger partial charge on any atom is 0.238 e. The van der Waals surface area contributed by atoms with E-state index >= 15 is 0 Å². The van der Waals surface area contributed by atoms with Gasteiger partial charge in [-0.05, 0) is 13.8 Å². The van der Waals surface area contributed by atoms with E-state index in [9.17, 15) is 4.79 Å². The molecule has 1 aliphatic heterocycles. The molecule has 1 aromatic heterocycles. The van der Waals surface area contributed by atoms with Crippen molar-refractivity contribution in [3.05, 3.63) is 17.0 Å². The van der Waals surface area contributed by atoms with E-state index in [-0.39, 0.29) is 11.9 Å². The molecule has 5 nitrogen and oxygen atoms in total. The summed E-state index contributed by atoms with van der Waals surface area (Å²) in [7, 11) is 0. The van der Waals surface area contributed by atoms with Crippen molar-refractivity contribution in [2.24, 2.45) is 0 Å². The summed E-state index contributed by atoms with van der Waals surface area (Å²) in [5.41, 5.74) is 3.05. The van der Waals surface area contributed by atoms with Crippen LogP contribution in [-0.4, -0.2) is 33.8 Å². The topological polar surface area (TPSA) is 69.8 Å². The van der Waals surface area contributed by atoms with Crippen molar-refractivity contribution in [2.45, 2.75) is 26.4 Å². The van der Waals surface area contributed by atoms with Crippen LogP contribution in [0, 0.1) is 13.8 Å². The minimum atomic E-state index is -0.0440. The van der Waals surface area contributed by atoms with Gasteiger partial charge in [0.05, 0.1) is 11.7 Å². The van der Waals surface area contributed by atoms with E-state index in [4.69, 9.17) is 0 Å². The molecule has 16 heavy (non-hydrogen) atoms. The number of aryl methyl sites for hydroxylation is 2. The van der Waals surface area contributed by atoms with Crippen molar-refractivity contribution in [2.75, 3.05) is 11.6 Å². The summed E-state index contributed by atoms with van der Waals surface area (Å²) in [5.74, 6) is 1.79. The van der Waals surface area contributed by atoms with Gasteiger partial charge in [-0.1, -0.05) is 0 Å². The Bertz CT molecular complexity index is 365. The van der Waals surface area contributed by atoms with Gasteiger partial charge in [-0.3, -0.25) is 15.2 Å². The molecule has 1 atom stereocenters. The minimum absolute atomic E-state index is 0.0440. The van der Waals surface area contributed by atoms with Crippen LogP contribution >= 0.6 is 11.8 Å². The molecular weight excluding hydrogens is 224 g/mol. The highest BCUT2D eigenvalue weighted by molar-refractivity contribution is 7.99. The molecule has 2 heterocycles. The van der Waals surface area contributed by atoms with E-state index in [2.05, 4.69) is 20.8 Å². The van der Waals surface area contributed by atoms with Crippen molar-refractivity contribution < 1.29 is 4.79 Å². The lowest BCUT2D eigenvalue weighted by Gasteiger charge is -2.10. The molecule has 1 aliphatic rings. The summed E-state index contributed by atoms with van der Waals surface area (Å²) in [6.45, 7) is 4.45. The highest BCUT2D eigenvalue weighted by atomic mass is 32.2. The van der Waals surface area contributed by atoms with E-state index in [1.165, 1.54) is 0 Å². The van der Waals surface area contributed by atoms with E-state index < -0.39 is 0 Å². The molecule has 0 bridgehead atoms. The molecule has 1 fully saturated rings. The lowest BCUT2D eigenvalue weighted by Crippen LogP contribution is -2.41. The van der Waals surface area contributed by atoms with E-state index in [1.54, 1.807) is 11.8 Å². The third-order valence-electron chi connectivity index (χ3n) is 2.75. The van der Waals surface area contributed by atoms with E-state index in [0.29, 0.717) is 6.54 Å². The largest absolute Gasteiger partial charge is 0.351 e. The fourth-order valence-electron chi connectivity index (χ4n) is 1.70. The van der Waals surface area contributed by atoms with Crippen LogP contribution in [0.1, 0.15) is 17.0 Å². The number of hydrogen-bond donors (Lipinski definition) is 3. The van der Waals surface area contributed by atoms with Crippen molar-refractivity contribution >= 4 is 17.7 Å². The lowest BCUT2D eigenvalue weighted by molar-refractivity contribution is -0.122. The van der Waals surface area contributed by atoms with Crippen molar-refractivity contribution in [3.63, 3.8) is 0 Å². The monoisotopic (exact) mass is 240 g/mol. The van der Waals surface area contributed by atoms with Crippen molar-refractivity contribution in [3.8, 4) is 0 Å². The van der Waals surface area contributed by atoms with Crippen LogP contribution in [0.2, 0.25) is 0 Å². The van der Waals surface area contributed by atoms with E-state index in [1.807, 2.05) is 13.8 Å². The second-order valence-corrected chi connectivity index (χ2v) is 4.93. The first-order valence-corrected chi connectivity index (χ1v) is 6.43. The van der Waals surface area contributed by atoms with Crippen LogP contribution in [-0.2, 0) is 11.3 Å². The Morgan fingerprint density at radius 1 is 1.62 bits per heavy atom. The Kier molecular flexibility index (Phi) is 3.50. The maximum atomic E-state index is 11.7. The standard InChI is InChI=1S/C10H16N4OS/c1-6-8(7(2)14-13-6)3-11-10(15)9-4-16-5-12-9/h9,12H,3-5H2,1-2H3,(H,11,15)(H,13,14). The maximum absolute atomic E-state index is 11.7. The predicted octanol–water partition coefficient (Wildman–Crippen LogP) is 0.305. The zero-order chi connectivity index (χ0) is 11.5. The number of rotatable bonds is 3. The second kappa shape index (κ2) is 4.88. The number of carbonyl (C=O) groups excluding carboxylic acids is 1. The molecule has 0 aliphatic carbocycles. The fourth-order valence-corrected chi connectivity index (χ4v) is 2.64. The van der Waals surface area contributed by atoms with Gasteiger partial charge in [0, 0.05) is 29.4 Å². The molecule has 0 spiro atoms. The molecular formula is C10H16N4OS. The van der Waals surface area contributed by atoms with Gasteiger partial charge < -0.3 is 5.32 Å². The molecule has 1 aromatic rings. The molecule has 0 saturated carbocycles.